The van der Waals surface area contributed by atoms with Crippen LogP contribution in [0.15, 0.2) is 28.8 Å². The van der Waals surface area contributed by atoms with Crippen LogP contribution in [-0.4, -0.2) is 11.7 Å². The maximum absolute atomic E-state index is 13.1. The van der Waals surface area contributed by atoms with E-state index in [4.69, 9.17) is 4.52 Å². The lowest BCUT2D eigenvalue weighted by molar-refractivity contribution is 0.417. The SMILES string of the molecule is CC(C)CNCc1cc(-c2ccc(F)c(F)c2)on1. The fourth-order valence-electron chi connectivity index (χ4n) is 1.67. The average molecular weight is 266 g/mol. The highest BCUT2D eigenvalue weighted by Crippen LogP contribution is 2.22. The molecule has 0 spiro atoms. The van der Waals surface area contributed by atoms with Crippen LogP contribution in [0.2, 0.25) is 0 Å². The third-order valence-electron chi connectivity index (χ3n) is 2.62. The molecule has 0 unspecified atom stereocenters. The molecule has 1 aromatic heterocycles. The molecular weight excluding hydrogens is 250 g/mol. The zero-order valence-electron chi connectivity index (χ0n) is 10.9. The van der Waals surface area contributed by atoms with E-state index in [0.29, 0.717) is 23.8 Å². The van der Waals surface area contributed by atoms with E-state index in [9.17, 15) is 8.78 Å². The zero-order chi connectivity index (χ0) is 13.8. The van der Waals surface area contributed by atoms with E-state index >= 15 is 0 Å². The smallest absolute Gasteiger partial charge is 0.167 e. The molecule has 0 saturated carbocycles. The van der Waals surface area contributed by atoms with Crippen molar-refractivity contribution < 1.29 is 13.3 Å². The van der Waals surface area contributed by atoms with E-state index in [-0.39, 0.29) is 0 Å². The quantitative estimate of drug-likeness (QED) is 0.901. The van der Waals surface area contributed by atoms with Crippen LogP contribution in [0.1, 0.15) is 19.5 Å². The number of nitrogens with zero attached hydrogens (tertiary/aromatic N) is 1. The zero-order valence-corrected chi connectivity index (χ0v) is 10.9. The first-order chi connectivity index (χ1) is 9.06. The summed E-state index contributed by atoms with van der Waals surface area (Å²) < 4.78 is 31.1. The maximum Gasteiger partial charge on any atom is 0.167 e. The van der Waals surface area contributed by atoms with Crippen molar-refractivity contribution in [2.24, 2.45) is 5.92 Å². The topological polar surface area (TPSA) is 38.1 Å². The van der Waals surface area contributed by atoms with Gasteiger partial charge in [0.25, 0.3) is 0 Å². The number of halogens is 2. The van der Waals surface area contributed by atoms with Gasteiger partial charge in [-0.3, -0.25) is 0 Å². The normalized spacial score (nSPS) is 11.2. The van der Waals surface area contributed by atoms with Crippen LogP contribution < -0.4 is 5.32 Å². The molecule has 1 aromatic carbocycles. The predicted molar refractivity (Wildman–Crippen MR) is 68.4 cm³/mol. The fourth-order valence-corrected chi connectivity index (χ4v) is 1.67. The molecule has 2 aromatic rings. The van der Waals surface area contributed by atoms with Crippen molar-refractivity contribution in [3.8, 4) is 11.3 Å². The molecule has 0 bridgehead atoms. The van der Waals surface area contributed by atoms with Crippen molar-refractivity contribution in [3.05, 3.63) is 41.6 Å². The van der Waals surface area contributed by atoms with Gasteiger partial charge in [0.15, 0.2) is 17.4 Å². The van der Waals surface area contributed by atoms with Crippen molar-refractivity contribution in [1.82, 2.24) is 10.5 Å². The minimum atomic E-state index is -0.895. The monoisotopic (exact) mass is 266 g/mol. The van der Waals surface area contributed by atoms with Crippen LogP contribution in [0.4, 0.5) is 8.78 Å². The molecule has 0 radical (unpaired) electrons. The molecule has 0 saturated heterocycles. The third kappa shape index (κ3) is 3.61. The Bertz CT molecular complexity index is 552. The van der Waals surface area contributed by atoms with Crippen molar-refractivity contribution in [2.75, 3.05) is 6.54 Å². The number of benzene rings is 1. The van der Waals surface area contributed by atoms with Crippen LogP contribution in [-0.2, 0) is 6.54 Å². The summed E-state index contributed by atoms with van der Waals surface area (Å²) >= 11 is 0. The van der Waals surface area contributed by atoms with Crippen LogP contribution in [0.3, 0.4) is 0 Å². The standard InChI is InChI=1S/C14H16F2N2O/c1-9(2)7-17-8-11-6-14(19-18-11)10-3-4-12(15)13(16)5-10/h3-6,9,17H,7-8H2,1-2H3. The average Bonchev–Trinajstić information content (AvgIpc) is 2.81. The highest BCUT2D eigenvalue weighted by atomic mass is 19.2. The van der Waals surface area contributed by atoms with E-state index in [0.717, 1.165) is 24.4 Å². The Kier molecular flexibility index (Phi) is 4.27. The summed E-state index contributed by atoms with van der Waals surface area (Å²) in [6.45, 7) is 5.70. The van der Waals surface area contributed by atoms with Gasteiger partial charge in [0.05, 0.1) is 5.69 Å². The molecular formula is C14H16F2N2O. The first-order valence-corrected chi connectivity index (χ1v) is 6.18. The Balaban J connectivity index is 2.05. The summed E-state index contributed by atoms with van der Waals surface area (Å²) in [5.74, 6) is -0.784. The van der Waals surface area contributed by atoms with E-state index in [1.54, 1.807) is 6.07 Å². The van der Waals surface area contributed by atoms with E-state index in [1.165, 1.54) is 6.07 Å². The molecule has 0 amide bonds. The van der Waals surface area contributed by atoms with Crippen LogP contribution in [0.25, 0.3) is 11.3 Å². The Labute approximate surface area is 110 Å². The second-order valence-corrected chi connectivity index (χ2v) is 4.84. The molecule has 1 heterocycles. The van der Waals surface area contributed by atoms with Gasteiger partial charge in [-0.15, -0.1) is 0 Å². The van der Waals surface area contributed by atoms with Gasteiger partial charge in [-0.2, -0.15) is 0 Å². The number of rotatable bonds is 5. The van der Waals surface area contributed by atoms with Crippen molar-refractivity contribution in [3.63, 3.8) is 0 Å². The summed E-state index contributed by atoms with van der Waals surface area (Å²) in [5, 5.41) is 7.12. The lowest BCUT2D eigenvalue weighted by Crippen LogP contribution is -2.18. The molecule has 0 atom stereocenters. The summed E-state index contributed by atoms with van der Waals surface area (Å²) in [7, 11) is 0. The number of nitrogens with one attached hydrogen (secondary N) is 1. The van der Waals surface area contributed by atoms with Gasteiger partial charge < -0.3 is 9.84 Å². The summed E-state index contributed by atoms with van der Waals surface area (Å²) in [4.78, 5) is 0. The van der Waals surface area contributed by atoms with Crippen molar-refractivity contribution in [2.45, 2.75) is 20.4 Å². The number of hydrogen-bond acceptors (Lipinski definition) is 3. The second-order valence-electron chi connectivity index (χ2n) is 4.84. The van der Waals surface area contributed by atoms with Gasteiger partial charge in [0.1, 0.15) is 0 Å². The number of aromatic nitrogens is 1. The maximum atomic E-state index is 13.1. The molecule has 0 aliphatic rings. The lowest BCUT2D eigenvalue weighted by atomic mass is 10.1. The highest BCUT2D eigenvalue weighted by Gasteiger charge is 2.09. The van der Waals surface area contributed by atoms with Gasteiger partial charge in [-0.1, -0.05) is 19.0 Å². The summed E-state index contributed by atoms with van der Waals surface area (Å²) in [5.41, 5.74) is 1.21. The minimum absolute atomic E-state index is 0.431. The molecule has 0 aliphatic carbocycles. The van der Waals surface area contributed by atoms with E-state index < -0.39 is 11.6 Å². The Hall–Kier alpha value is -1.75. The van der Waals surface area contributed by atoms with Crippen molar-refractivity contribution in [1.29, 1.82) is 0 Å². The predicted octanol–water partition coefficient (Wildman–Crippen LogP) is 3.37. The molecule has 0 fully saturated rings. The van der Waals surface area contributed by atoms with Crippen LogP contribution in [0.5, 0.6) is 0 Å². The minimum Gasteiger partial charge on any atom is -0.356 e. The summed E-state index contributed by atoms with van der Waals surface area (Å²) in [6.07, 6.45) is 0. The van der Waals surface area contributed by atoms with Gasteiger partial charge in [0, 0.05) is 18.2 Å². The van der Waals surface area contributed by atoms with Gasteiger partial charge >= 0.3 is 0 Å². The molecule has 102 valence electrons. The Morgan fingerprint density at radius 2 is 2.00 bits per heavy atom. The highest BCUT2D eigenvalue weighted by molar-refractivity contribution is 5.57. The summed E-state index contributed by atoms with van der Waals surface area (Å²) in [6, 6.07) is 5.36. The Morgan fingerprint density at radius 3 is 2.68 bits per heavy atom. The van der Waals surface area contributed by atoms with E-state index in [1.807, 2.05) is 0 Å². The molecule has 5 heteroatoms. The van der Waals surface area contributed by atoms with Gasteiger partial charge in [-0.05, 0) is 30.7 Å². The Morgan fingerprint density at radius 1 is 1.21 bits per heavy atom. The van der Waals surface area contributed by atoms with Crippen molar-refractivity contribution >= 4 is 0 Å². The third-order valence-corrected chi connectivity index (χ3v) is 2.62. The molecule has 19 heavy (non-hydrogen) atoms. The first-order valence-electron chi connectivity index (χ1n) is 6.18. The molecule has 1 N–H and O–H groups in total. The largest absolute Gasteiger partial charge is 0.356 e. The van der Waals surface area contributed by atoms with Crippen LogP contribution >= 0.6 is 0 Å². The molecule has 3 nitrogen and oxygen atoms in total. The van der Waals surface area contributed by atoms with Gasteiger partial charge in [0.2, 0.25) is 0 Å². The number of hydrogen-bond donors (Lipinski definition) is 1. The van der Waals surface area contributed by atoms with Gasteiger partial charge in [-0.25, -0.2) is 8.78 Å². The van der Waals surface area contributed by atoms with Crippen LogP contribution in [0, 0.1) is 17.6 Å². The molecule has 2 rings (SSSR count). The fraction of sp³-hybridized carbons (Fsp3) is 0.357. The molecule has 0 aliphatic heterocycles. The lowest BCUT2D eigenvalue weighted by Gasteiger charge is -2.04. The first kappa shape index (κ1) is 13.7. The van der Waals surface area contributed by atoms with E-state index in [2.05, 4.69) is 24.3 Å². The second kappa shape index (κ2) is 5.93.